The molecule has 0 aromatic rings. The molecule has 2 heteroatoms. The number of hydrogen-bond acceptors (Lipinski definition) is 2. The predicted molar refractivity (Wildman–Crippen MR) is 81.0 cm³/mol. The van der Waals surface area contributed by atoms with Crippen LogP contribution in [0.5, 0.6) is 0 Å². The highest BCUT2D eigenvalue weighted by molar-refractivity contribution is 4.85. The molecule has 0 aliphatic heterocycles. The van der Waals surface area contributed by atoms with Gasteiger partial charge in [0, 0.05) is 18.6 Å². The van der Waals surface area contributed by atoms with Crippen LogP contribution in [0.3, 0.4) is 0 Å². The second-order valence-electron chi connectivity index (χ2n) is 7.10. The van der Waals surface area contributed by atoms with Gasteiger partial charge in [-0.1, -0.05) is 47.0 Å². The minimum atomic E-state index is 0.345. The van der Waals surface area contributed by atoms with Gasteiger partial charge >= 0.3 is 0 Å². The van der Waals surface area contributed by atoms with Gasteiger partial charge in [-0.3, -0.25) is 0 Å². The highest BCUT2D eigenvalue weighted by Crippen LogP contribution is 2.25. The average molecular weight is 254 g/mol. The van der Waals surface area contributed by atoms with E-state index in [9.17, 15) is 0 Å². The van der Waals surface area contributed by atoms with Gasteiger partial charge in [0.2, 0.25) is 0 Å². The van der Waals surface area contributed by atoms with Crippen molar-refractivity contribution in [3.8, 4) is 0 Å². The Balaban J connectivity index is 2.47. The maximum absolute atomic E-state index is 3.74. The largest absolute Gasteiger partial charge is 0.312 e. The van der Waals surface area contributed by atoms with Crippen LogP contribution in [0.1, 0.15) is 66.2 Å². The van der Waals surface area contributed by atoms with Gasteiger partial charge in [0.1, 0.15) is 0 Å². The molecule has 1 saturated carbocycles. The monoisotopic (exact) mass is 254 g/mol. The Labute approximate surface area is 115 Å². The maximum Gasteiger partial charge on any atom is 0.0243 e. The quantitative estimate of drug-likeness (QED) is 0.778. The minimum absolute atomic E-state index is 0.345. The van der Waals surface area contributed by atoms with Gasteiger partial charge < -0.3 is 10.2 Å². The molecule has 0 bridgehead atoms. The summed E-state index contributed by atoms with van der Waals surface area (Å²) in [7, 11) is 2.32. The molecule has 2 nitrogen and oxygen atoms in total. The van der Waals surface area contributed by atoms with Crippen LogP contribution < -0.4 is 5.32 Å². The third kappa shape index (κ3) is 5.27. The summed E-state index contributed by atoms with van der Waals surface area (Å²) < 4.78 is 0. The summed E-state index contributed by atoms with van der Waals surface area (Å²) in [6, 6.07) is 1.43. The van der Waals surface area contributed by atoms with Crippen LogP contribution in [0.4, 0.5) is 0 Å². The summed E-state index contributed by atoms with van der Waals surface area (Å²) in [6.07, 6.45) is 8.33. The lowest BCUT2D eigenvalue weighted by Gasteiger charge is -2.39. The molecular weight excluding hydrogens is 220 g/mol. The van der Waals surface area contributed by atoms with E-state index in [2.05, 4.69) is 45.0 Å². The molecule has 0 heterocycles. The van der Waals surface area contributed by atoms with Gasteiger partial charge in [0.05, 0.1) is 0 Å². The van der Waals surface area contributed by atoms with E-state index in [1.807, 2.05) is 0 Å². The summed E-state index contributed by atoms with van der Waals surface area (Å²) in [4.78, 5) is 2.61. The van der Waals surface area contributed by atoms with E-state index in [-0.39, 0.29) is 0 Å². The molecule has 0 spiro atoms. The SMILES string of the molecule is CCCNC(CN(C)C1CCCCC1)C(C)(C)C. The first-order chi connectivity index (χ1) is 8.45. The number of likely N-dealkylation sites (N-methyl/N-ethyl adjacent to an activating group) is 1. The average Bonchev–Trinajstić information content (AvgIpc) is 2.34. The van der Waals surface area contributed by atoms with E-state index >= 15 is 0 Å². The zero-order valence-electron chi connectivity index (χ0n) is 13.3. The van der Waals surface area contributed by atoms with Crippen LogP contribution in [-0.4, -0.2) is 37.1 Å². The summed E-state index contributed by atoms with van der Waals surface area (Å²) in [5, 5.41) is 3.74. The molecule has 0 saturated heterocycles. The number of nitrogens with one attached hydrogen (secondary N) is 1. The van der Waals surface area contributed by atoms with Crippen LogP contribution >= 0.6 is 0 Å². The lowest BCUT2D eigenvalue weighted by Crippen LogP contribution is -2.50. The molecule has 108 valence electrons. The number of hydrogen-bond donors (Lipinski definition) is 1. The molecule has 0 aromatic carbocycles. The summed E-state index contributed by atoms with van der Waals surface area (Å²) in [5.41, 5.74) is 0.345. The Morgan fingerprint density at radius 1 is 1.17 bits per heavy atom. The molecule has 1 aliphatic carbocycles. The van der Waals surface area contributed by atoms with Crippen LogP contribution in [0.15, 0.2) is 0 Å². The zero-order valence-corrected chi connectivity index (χ0v) is 13.3. The topological polar surface area (TPSA) is 15.3 Å². The molecule has 1 fully saturated rings. The molecule has 1 rings (SSSR count). The Bertz CT molecular complexity index is 214. The van der Waals surface area contributed by atoms with Crippen LogP contribution in [-0.2, 0) is 0 Å². The van der Waals surface area contributed by atoms with Gasteiger partial charge in [-0.05, 0) is 38.3 Å². The second-order valence-corrected chi connectivity index (χ2v) is 7.10. The molecule has 1 atom stereocenters. The summed E-state index contributed by atoms with van der Waals surface area (Å²) in [5.74, 6) is 0. The Morgan fingerprint density at radius 3 is 2.28 bits per heavy atom. The normalized spacial score (nSPS) is 20.3. The highest BCUT2D eigenvalue weighted by Gasteiger charge is 2.27. The number of nitrogens with zero attached hydrogens (tertiary/aromatic N) is 1. The lowest BCUT2D eigenvalue weighted by molar-refractivity contribution is 0.136. The van der Waals surface area contributed by atoms with Crippen molar-refractivity contribution in [1.82, 2.24) is 10.2 Å². The first-order valence-corrected chi connectivity index (χ1v) is 7.88. The zero-order chi connectivity index (χ0) is 13.6. The van der Waals surface area contributed by atoms with E-state index in [4.69, 9.17) is 0 Å². The standard InChI is InChI=1S/C16H34N2/c1-6-12-17-15(16(2,3)4)13-18(5)14-10-8-7-9-11-14/h14-15,17H,6-13H2,1-5H3. The molecular formula is C16H34N2. The third-order valence-corrected chi connectivity index (χ3v) is 4.35. The lowest BCUT2D eigenvalue weighted by atomic mass is 9.85. The van der Waals surface area contributed by atoms with E-state index in [1.54, 1.807) is 0 Å². The Hall–Kier alpha value is -0.0800. The van der Waals surface area contributed by atoms with Crippen molar-refractivity contribution < 1.29 is 0 Å². The second kappa shape index (κ2) is 7.49. The minimum Gasteiger partial charge on any atom is -0.312 e. The fourth-order valence-electron chi connectivity index (χ4n) is 2.92. The van der Waals surface area contributed by atoms with E-state index in [1.165, 1.54) is 45.1 Å². The van der Waals surface area contributed by atoms with Gasteiger partial charge in [-0.2, -0.15) is 0 Å². The van der Waals surface area contributed by atoms with Crippen molar-refractivity contribution in [3.05, 3.63) is 0 Å². The predicted octanol–water partition coefficient (Wildman–Crippen LogP) is 3.67. The third-order valence-electron chi connectivity index (χ3n) is 4.35. The summed E-state index contributed by atoms with van der Waals surface area (Å²) in [6.45, 7) is 11.6. The first kappa shape index (κ1) is 16.0. The van der Waals surface area contributed by atoms with Gasteiger partial charge in [-0.15, -0.1) is 0 Å². The molecule has 0 radical (unpaired) electrons. The smallest absolute Gasteiger partial charge is 0.0243 e. The van der Waals surface area contributed by atoms with Crippen LogP contribution in [0, 0.1) is 5.41 Å². The molecule has 1 unspecified atom stereocenters. The van der Waals surface area contributed by atoms with Crippen LogP contribution in [0.25, 0.3) is 0 Å². The molecule has 0 aromatic heterocycles. The molecule has 0 amide bonds. The van der Waals surface area contributed by atoms with Crippen molar-refractivity contribution in [2.45, 2.75) is 78.3 Å². The van der Waals surface area contributed by atoms with Crippen molar-refractivity contribution in [2.24, 2.45) is 5.41 Å². The van der Waals surface area contributed by atoms with Gasteiger partial charge in [-0.25, -0.2) is 0 Å². The number of rotatable bonds is 6. The van der Waals surface area contributed by atoms with Crippen molar-refractivity contribution >= 4 is 0 Å². The van der Waals surface area contributed by atoms with E-state index in [0.717, 1.165) is 12.6 Å². The van der Waals surface area contributed by atoms with E-state index < -0.39 is 0 Å². The fourth-order valence-corrected chi connectivity index (χ4v) is 2.92. The van der Waals surface area contributed by atoms with Gasteiger partial charge in [0.25, 0.3) is 0 Å². The van der Waals surface area contributed by atoms with Crippen molar-refractivity contribution in [3.63, 3.8) is 0 Å². The summed E-state index contributed by atoms with van der Waals surface area (Å²) >= 11 is 0. The Kier molecular flexibility index (Phi) is 6.65. The molecule has 1 aliphatic rings. The van der Waals surface area contributed by atoms with Gasteiger partial charge in [0.15, 0.2) is 0 Å². The van der Waals surface area contributed by atoms with Crippen molar-refractivity contribution in [2.75, 3.05) is 20.1 Å². The van der Waals surface area contributed by atoms with E-state index in [0.29, 0.717) is 11.5 Å². The molecule has 18 heavy (non-hydrogen) atoms. The molecule has 1 N–H and O–H groups in total. The Morgan fingerprint density at radius 2 is 1.78 bits per heavy atom. The first-order valence-electron chi connectivity index (χ1n) is 7.88. The fraction of sp³-hybridized carbons (Fsp3) is 1.00. The maximum atomic E-state index is 3.74. The van der Waals surface area contributed by atoms with Crippen molar-refractivity contribution in [1.29, 1.82) is 0 Å². The van der Waals surface area contributed by atoms with Crippen LogP contribution in [0.2, 0.25) is 0 Å². The highest BCUT2D eigenvalue weighted by atomic mass is 15.2.